The largest absolute Gasteiger partial charge is 0.349 e. The fourth-order valence-electron chi connectivity index (χ4n) is 1.66. The minimum atomic E-state index is -0.395. The lowest BCUT2D eigenvalue weighted by molar-refractivity contribution is -0.140. The van der Waals surface area contributed by atoms with Gasteiger partial charge in [0.1, 0.15) is 5.82 Å². The van der Waals surface area contributed by atoms with E-state index in [0.29, 0.717) is 24.3 Å². The summed E-state index contributed by atoms with van der Waals surface area (Å²) in [5, 5.41) is 0. The maximum absolute atomic E-state index is 13.5. The van der Waals surface area contributed by atoms with Gasteiger partial charge in [0.05, 0.1) is 0 Å². The molecule has 1 rings (SSSR count). The van der Waals surface area contributed by atoms with Crippen LogP contribution in [0.15, 0.2) is 12.1 Å². The van der Waals surface area contributed by atoms with E-state index in [1.807, 2.05) is 13.8 Å². The summed E-state index contributed by atoms with van der Waals surface area (Å²) in [6.45, 7) is 8.46. The van der Waals surface area contributed by atoms with Crippen LogP contribution in [-0.4, -0.2) is 13.2 Å². The van der Waals surface area contributed by atoms with Crippen LogP contribution < -0.4 is 0 Å². The molecule has 0 aliphatic heterocycles. The van der Waals surface area contributed by atoms with E-state index in [-0.39, 0.29) is 5.82 Å². The Hall–Kier alpha value is -0.930. The van der Waals surface area contributed by atoms with E-state index in [0.717, 1.165) is 5.56 Å². The van der Waals surface area contributed by atoms with Crippen molar-refractivity contribution in [2.45, 2.75) is 34.0 Å². The van der Waals surface area contributed by atoms with Crippen molar-refractivity contribution in [1.82, 2.24) is 0 Å². The quantitative estimate of drug-likeness (QED) is 0.715. The van der Waals surface area contributed by atoms with Crippen LogP contribution in [0.25, 0.3) is 0 Å². The molecule has 1 aromatic rings. The summed E-state index contributed by atoms with van der Waals surface area (Å²) in [6, 6.07) is 3.55. The molecular weight excluding hydrogens is 207 g/mol. The van der Waals surface area contributed by atoms with Gasteiger partial charge < -0.3 is 9.47 Å². The number of benzene rings is 1. The van der Waals surface area contributed by atoms with Crippen LogP contribution in [0.4, 0.5) is 4.39 Å². The molecule has 0 fully saturated rings. The van der Waals surface area contributed by atoms with E-state index >= 15 is 0 Å². The third-order valence-electron chi connectivity index (χ3n) is 2.37. The lowest BCUT2D eigenvalue weighted by atomic mass is 10.1. The van der Waals surface area contributed by atoms with Gasteiger partial charge in [0.15, 0.2) is 6.29 Å². The number of hydrogen-bond donors (Lipinski definition) is 0. The minimum absolute atomic E-state index is 0.157. The Bertz CT molecular complexity index is 321. The van der Waals surface area contributed by atoms with Crippen LogP contribution in [0.5, 0.6) is 0 Å². The molecule has 0 atom stereocenters. The van der Waals surface area contributed by atoms with Crippen molar-refractivity contribution in [1.29, 1.82) is 0 Å². The van der Waals surface area contributed by atoms with Gasteiger partial charge in [0.25, 0.3) is 0 Å². The first-order valence-electron chi connectivity index (χ1n) is 5.60. The number of aryl methyl sites for hydroxylation is 2. The zero-order valence-corrected chi connectivity index (χ0v) is 10.3. The molecule has 3 heteroatoms. The fourth-order valence-corrected chi connectivity index (χ4v) is 1.66. The molecule has 16 heavy (non-hydrogen) atoms. The molecule has 0 radical (unpaired) electrons. The van der Waals surface area contributed by atoms with Crippen molar-refractivity contribution in [3.8, 4) is 0 Å². The van der Waals surface area contributed by atoms with E-state index in [4.69, 9.17) is 9.47 Å². The number of hydrogen-bond acceptors (Lipinski definition) is 2. The second-order valence-corrected chi connectivity index (χ2v) is 3.71. The monoisotopic (exact) mass is 226 g/mol. The Kier molecular flexibility index (Phi) is 4.90. The average molecular weight is 226 g/mol. The Balaban J connectivity index is 3.00. The van der Waals surface area contributed by atoms with Gasteiger partial charge >= 0.3 is 0 Å². The molecule has 0 spiro atoms. The lowest BCUT2D eigenvalue weighted by Crippen LogP contribution is -2.10. The smallest absolute Gasteiger partial charge is 0.183 e. The first-order valence-corrected chi connectivity index (χ1v) is 5.60. The molecule has 0 aliphatic rings. The summed E-state index contributed by atoms with van der Waals surface area (Å²) in [5.41, 5.74) is 2.12. The van der Waals surface area contributed by atoms with Gasteiger partial charge in [0.2, 0.25) is 0 Å². The van der Waals surface area contributed by atoms with Crippen LogP contribution in [0.1, 0.15) is 36.8 Å². The van der Waals surface area contributed by atoms with E-state index in [1.54, 1.807) is 26.0 Å². The first-order chi connectivity index (χ1) is 7.60. The van der Waals surface area contributed by atoms with E-state index < -0.39 is 6.29 Å². The normalized spacial score (nSPS) is 11.1. The third kappa shape index (κ3) is 3.03. The minimum Gasteiger partial charge on any atom is -0.349 e. The maximum Gasteiger partial charge on any atom is 0.183 e. The van der Waals surface area contributed by atoms with E-state index in [1.165, 1.54) is 0 Å². The molecule has 0 aromatic heterocycles. The Morgan fingerprint density at radius 1 is 1.06 bits per heavy atom. The van der Waals surface area contributed by atoms with E-state index in [9.17, 15) is 4.39 Å². The van der Waals surface area contributed by atoms with Gasteiger partial charge in [-0.2, -0.15) is 0 Å². The van der Waals surface area contributed by atoms with Crippen LogP contribution >= 0.6 is 0 Å². The highest BCUT2D eigenvalue weighted by molar-refractivity contribution is 5.31. The SMILES string of the molecule is CCOC(OCC)c1cc(C)c(F)c(C)c1. The van der Waals surface area contributed by atoms with Gasteiger partial charge in [0, 0.05) is 18.8 Å². The fraction of sp³-hybridized carbons (Fsp3) is 0.538. The highest BCUT2D eigenvalue weighted by atomic mass is 19.1. The van der Waals surface area contributed by atoms with Crippen LogP contribution in [0.3, 0.4) is 0 Å². The molecule has 0 heterocycles. The molecule has 0 saturated heterocycles. The average Bonchev–Trinajstić information content (AvgIpc) is 2.25. The van der Waals surface area contributed by atoms with Crippen LogP contribution in [-0.2, 0) is 9.47 Å². The molecule has 0 amide bonds. The summed E-state index contributed by atoms with van der Waals surface area (Å²) >= 11 is 0. The third-order valence-corrected chi connectivity index (χ3v) is 2.37. The molecule has 0 saturated carbocycles. The number of halogens is 1. The Morgan fingerprint density at radius 3 is 1.88 bits per heavy atom. The van der Waals surface area contributed by atoms with Crippen LogP contribution in [0.2, 0.25) is 0 Å². The summed E-state index contributed by atoms with van der Waals surface area (Å²) in [7, 11) is 0. The first kappa shape index (κ1) is 13.1. The summed E-state index contributed by atoms with van der Waals surface area (Å²) in [5.74, 6) is -0.157. The van der Waals surface area contributed by atoms with Crippen molar-refractivity contribution < 1.29 is 13.9 Å². The maximum atomic E-state index is 13.5. The molecule has 0 aliphatic carbocycles. The molecule has 0 N–H and O–H groups in total. The van der Waals surface area contributed by atoms with Gasteiger partial charge in [-0.15, -0.1) is 0 Å². The summed E-state index contributed by atoms with van der Waals surface area (Å²) in [6.07, 6.45) is -0.395. The Morgan fingerprint density at radius 2 is 1.50 bits per heavy atom. The zero-order chi connectivity index (χ0) is 12.1. The van der Waals surface area contributed by atoms with E-state index in [2.05, 4.69) is 0 Å². The predicted molar refractivity (Wildman–Crippen MR) is 61.9 cm³/mol. The van der Waals surface area contributed by atoms with Crippen molar-refractivity contribution >= 4 is 0 Å². The van der Waals surface area contributed by atoms with Crippen molar-refractivity contribution in [3.05, 3.63) is 34.6 Å². The zero-order valence-electron chi connectivity index (χ0n) is 10.3. The van der Waals surface area contributed by atoms with Crippen molar-refractivity contribution in [2.24, 2.45) is 0 Å². The highest BCUT2D eigenvalue weighted by Crippen LogP contribution is 2.23. The molecule has 0 unspecified atom stereocenters. The highest BCUT2D eigenvalue weighted by Gasteiger charge is 2.14. The van der Waals surface area contributed by atoms with Gasteiger partial charge in [-0.05, 0) is 51.0 Å². The van der Waals surface area contributed by atoms with Gasteiger partial charge in [-0.25, -0.2) is 4.39 Å². The van der Waals surface area contributed by atoms with Gasteiger partial charge in [-0.3, -0.25) is 0 Å². The molecule has 1 aromatic carbocycles. The Labute approximate surface area is 96.4 Å². The number of ether oxygens (including phenoxy) is 2. The lowest BCUT2D eigenvalue weighted by Gasteiger charge is -2.18. The van der Waals surface area contributed by atoms with Crippen LogP contribution in [0, 0.1) is 19.7 Å². The summed E-state index contributed by atoms with van der Waals surface area (Å²) in [4.78, 5) is 0. The van der Waals surface area contributed by atoms with Gasteiger partial charge in [-0.1, -0.05) is 0 Å². The molecular formula is C13H19FO2. The molecule has 90 valence electrons. The summed E-state index contributed by atoms with van der Waals surface area (Å²) < 4.78 is 24.4. The second-order valence-electron chi connectivity index (χ2n) is 3.71. The number of rotatable bonds is 5. The van der Waals surface area contributed by atoms with Crippen molar-refractivity contribution in [3.63, 3.8) is 0 Å². The topological polar surface area (TPSA) is 18.5 Å². The predicted octanol–water partition coefficient (Wildman–Crippen LogP) is 3.51. The molecule has 0 bridgehead atoms. The van der Waals surface area contributed by atoms with Crippen molar-refractivity contribution in [2.75, 3.05) is 13.2 Å². The second kappa shape index (κ2) is 5.97. The molecule has 2 nitrogen and oxygen atoms in total. The standard InChI is InChI=1S/C13H19FO2/c1-5-15-13(16-6-2)11-7-9(3)12(14)10(4)8-11/h7-8,13H,5-6H2,1-4H3.